The number of amides is 1. The Bertz CT molecular complexity index is 1290. The molecular formula is C25H21F3N6O. The van der Waals surface area contributed by atoms with E-state index in [1.54, 1.807) is 36.7 Å². The molecule has 1 aromatic carbocycles. The highest BCUT2D eigenvalue weighted by Gasteiger charge is 2.50. The van der Waals surface area contributed by atoms with E-state index in [0.29, 0.717) is 34.9 Å². The van der Waals surface area contributed by atoms with E-state index < -0.39 is 11.7 Å². The van der Waals surface area contributed by atoms with Crippen molar-refractivity contribution in [3.63, 3.8) is 0 Å². The Morgan fingerprint density at radius 1 is 1.11 bits per heavy atom. The number of anilines is 1. The van der Waals surface area contributed by atoms with Gasteiger partial charge in [-0.25, -0.2) is 15.0 Å². The second kappa shape index (κ2) is 8.98. The maximum atomic E-state index is 13.9. The number of likely N-dealkylation sites (tertiary alicyclic amines) is 1. The molecule has 178 valence electrons. The van der Waals surface area contributed by atoms with Gasteiger partial charge in [0.05, 0.1) is 22.8 Å². The summed E-state index contributed by atoms with van der Waals surface area (Å²) >= 11 is 0. The molecule has 2 aliphatic rings. The molecule has 2 fully saturated rings. The fourth-order valence-electron chi connectivity index (χ4n) is 4.70. The van der Waals surface area contributed by atoms with Crippen molar-refractivity contribution in [3.05, 3.63) is 71.7 Å². The predicted molar refractivity (Wildman–Crippen MR) is 121 cm³/mol. The fraction of sp³-hybridized carbons (Fsp3) is 0.320. The summed E-state index contributed by atoms with van der Waals surface area (Å²) in [5.74, 6) is 0.667. The summed E-state index contributed by atoms with van der Waals surface area (Å²) in [5.41, 5.74) is 0.434. The van der Waals surface area contributed by atoms with Crippen molar-refractivity contribution in [2.45, 2.75) is 37.5 Å². The second-order valence-electron chi connectivity index (χ2n) is 8.76. The van der Waals surface area contributed by atoms with Crippen LogP contribution in [0.1, 0.15) is 40.7 Å². The minimum Gasteiger partial charge on any atom is -0.368 e. The van der Waals surface area contributed by atoms with E-state index in [2.05, 4.69) is 26.3 Å². The molecule has 10 heteroatoms. The van der Waals surface area contributed by atoms with Gasteiger partial charge in [-0.05, 0) is 61.6 Å². The monoisotopic (exact) mass is 478 g/mol. The third kappa shape index (κ3) is 4.67. The zero-order chi connectivity index (χ0) is 24.6. The predicted octanol–water partition coefficient (Wildman–Crippen LogP) is 4.53. The van der Waals surface area contributed by atoms with Crippen LogP contribution in [0.3, 0.4) is 0 Å². The summed E-state index contributed by atoms with van der Waals surface area (Å²) in [6, 6.07) is 10.3. The highest BCUT2D eigenvalue weighted by atomic mass is 19.4. The summed E-state index contributed by atoms with van der Waals surface area (Å²) in [6.07, 6.45) is 2.38. The maximum Gasteiger partial charge on any atom is 0.416 e. The van der Waals surface area contributed by atoms with E-state index in [9.17, 15) is 23.2 Å². The van der Waals surface area contributed by atoms with Crippen molar-refractivity contribution in [1.82, 2.24) is 19.9 Å². The van der Waals surface area contributed by atoms with Gasteiger partial charge in [-0.1, -0.05) is 0 Å². The molecule has 1 saturated heterocycles. The minimum atomic E-state index is -4.46. The maximum absolute atomic E-state index is 13.9. The molecule has 3 aromatic rings. The summed E-state index contributed by atoms with van der Waals surface area (Å²) < 4.78 is 39.2. The number of pyridine rings is 1. The number of nitrogens with zero attached hydrogens (tertiary/aromatic N) is 5. The third-order valence-corrected chi connectivity index (χ3v) is 6.53. The number of alkyl halides is 3. The van der Waals surface area contributed by atoms with Gasteiger partial charge in [-0.3, -0.25) is 4.79 Å². The molecule has 0 radical (unpaired) electrons. The molecule has 1 aliphatic carbocycles. The first-order valence-corrected chi connectivity index (χ1v) is 11.3. The molecule has 3 heterocycles. The SMILES string of the molecule is N#Cc1ccc(-c2ncccn2)c(C(=O)N2[C@H](CNc3cc(C(F)(F)F)ccn3)CC[C@H]3C[C@H]32)c1. The van der Waals surface area contributed by atoms with Gasteiger partial charge in [-0.2, -0.15) is 18.4 Å². The number of nitrogens with one attached hydrogen (secondary N) is 1. The molecule has 1 saturated carbocycles. The number of hydrogen-bond donors (Lipinski definition) is 1. The number of fused-ring (bicyclic) bond motifs is 1. The third-order valence-electron chi connectivity index (χ3n) is 6.53. The summed E-state index contributed by atoms with van der Waals surface area (Å²) in [7, 11) is 0. The molecule has 1 aliphatic heterocycles. The number of benzene rings is 1. The lowest BCUT2D eigenvalue weighted by Crippen LogP contribution is -2.48. The summed E-state index contributed by atoms with van der Waals surface area (Å²) in [5, 5.41) is 12.4. The van der Waals surface area contributed by atoms with Crippen LogP contribution < -0.4 is 5.32 Å². The van der Waals surface area contributed by atoms with Crippen LogP contribution >= 0.6 is 0 Å². The molecule has 7 nitrogen and oxygen atoms in total. The number of carbonyl (C=O) groups excluding carboxylic acids is 1. The number of piperidine rings is 1. The minimum absolute atomic E-state index is 0.0628. The van der Waals surface area contributed by atoms with E-state index in [1.807, 2.05) is 4.90 Å². The van der Waals surface area contributed by atoms with Gasteiger partial charge in [0, 0.05) is 42.8 Å². The largest absolute Gasteiger partial charge is 0.416 e. The van der Waals surface area contributed by atoms with E-state index in [0.717, 1.165) is 31.2 Å². The van der Waals surface area contributed by atoms with Crippen molar-refractivity contribution in [3.8, 4) is 17.5 Å². The first-order valence-electron chi connectivity index (χ1n) is 11.3. The topological polar surface area (TPSA) is 94.8 Å². The van der Waals surface area contributed by atoms with Crippen LogP contribution in [0.25, 0.3) is 11.4 Å². The lowest BCUT2D eigenvalue weighted by Gasteiger charge is -2.36. The van der Waals surface area contributed by atoms with Crippen molar-refractivity contribution in [2.75, 3.05) is 11.9 Å². The molecule has 3 atom stereocenters. The molecule has 1 amide bonds. The lowest BCUT2D eigenvalue weighted by atomic mass is 9.97. The number of aromatic nitrogens is 3. The van der Waals surface area contributed by atoms with Gasteiger partial charge < -0.3 is 10.2 Å². The molecule has 1 N–H and O–H groups in total. The highest BCUT2D eigenvalue weighted by molar-refractivity contribution is 6.01. The first kappa shape index (κ1) is 22.8. The zero-order valence-corrected chi connectivity index (χ0v) is 18.5. The smallest absolute Gasteiger partial charge is 0.368 e. The number of hydrogen-bond acceptors (Lipinski definition) is 6. The van der Waals surface area contributed by atoms with Crippen LogP contribution in [0, 0.1) is 17.2 Å². The standard InChI is InChI=1S/C25H21F3N6O/c26-25(27,28)17-6-9-30-22(12-17)33-14-18-4-3-16-11-21(16)34(18)24(35)20-10-15(13-29)2-5-19(20)23-31-7-1-8-32-23/h1-2,5-10,12,16,18,21H,3-4,11,14H2,(H,30,33)/t16-,18-,21+/m0/s1. The Morgan fingerprint density at radius 3 is 2.66 bits per heavy atom. The van der Waals surface area contributed by atoms with Crippen LogP contribution in [0.5, 0.6) is 0 Å². The Balaban J connectivity index is 1.43. The number of carbonyl (C=O) groups is 1. The number of rotatable bonds is 5. The highest BCUT2D eigenvalue weighted by Crippen LogP contribution is 2.46. The van der Waals surface area contributed by atoms with Gasteiger partial charge in [0.15, 0.2) is 5.82 Å². The molecule has 5 rings (SSSR count). The van der Waals surface area contributed by atoms with Crippen molar-refractivity contribution in [1.29, 1.82) is 5.26 Å². The van der Waals surface area contributed by atoms with Crippen LogP contribution in [0.15, 0.2) is 55.0 Å². The fourth-order valence-corrected chi connectivity index (χ4v) is 4.70. The van der Waals surface area contributed by atoms with Crippen molar-refractivity contribution in [2.24, 2.45) is 5.92 Å². The van der Waals surface area contributed by atoms with Crippen LogP contribution in [0.2, 0.25) is 0 Å². The average Bonchev–Trinajstić information content (AvgIpc) is 3.66. The zero-order valence-electron chi connectivity index (χ0n) is 18.5. The van der Waals surface area contributed by atoms with Gasteiger partial charge in [0.1, 0.15) is 5.82 Å². The Morgan fingerprint density at radius 2 is 1.91 bits per heavy atom. The lowest BCUT2D eigenvalue weighted by molar-refractivity contribution is -0.137. The van der Waals surface area contributed by atoms with Crippen LogP contribution in [-0.4, -0.2) is 44.4 Å². The van der Waals surface area contributed by atoms with Crippen LogP contribution in [0.4, 0.5) is 19.0 Å². The van der Waals surface area contributed by atoms with Gasteiger partial charge in [0.25, 0.3) is 5.91 Å². The van der Waals surface area contributed by atoms with E-state index >= 15 is 0 Å². The van der Waals surface area contributed by atoms with Crippen molar-refractivity contribution >= 4 is 11.7 Å². The van der Waals surface area contributed by atoms with Crippen molar-refractivity contribution < 1.29 is 18.0 Å². The van der Waals surface area contributed by atoms with Gasteiger partial charge in [-0.15, -0.1) is 0 Å². The van der Waals surface area contributed by atoms with Gasteiger partial charge >= 0.3 is 6.18 Å². The molecule has 0 unspecified atom stereocenters. The number of nitriles is 1. The normalized spacial score (nSPS) is 21.1. The second-order valence-corrected chi connectivity index (χ2v) is 8.76. The molecule has 2 aromatic heterocycles. The quantitative estimate of drug-likeness (QED) is 0.579. The Labute approximate surface area is 199 Å². The molecular weight excluding hydrogens is 457 g/mol. The Kier molecular flexibility index (Phi) is 5.84. The molecule has 35 heavy (non-hydrogen) atoms. The van der Waals surface area contributed by atoms with Crippen LogP contribution in [-0.2, 0) is 6.18 Å². The van der Waals surface area contributed by atoms with Gasteiger partial charge in [0.2, 0.25) is 0 Å². The molecule has 0 bridgehead atoms. The summed E-state index contributed by atoms with van der Waals surface area (Å²) in [4.78, 5) is 28.2. The first-order chi connectivity index (χ1) is 16.8. The Hall–Kier alpha value is -4.00. The van der Waals surface area contributed by atoms with E-state index in [1.165, 1.54) is 0 Å². The average molecular weight is 478 g/mol. The number of halogens is 3. The molecule has 0 spiro atoms. The summed E-state index contributed by atoms with van der Waals surface area (Å²) in [6.45, 7) is 0.262. The van der Waals surface area contributed by atoms with E-state index in [-0.39, 0.29) is 30.4 Å². The van der Waals surface area contributed by atoms with E-state index in [4.69, 9.17) is 0 Å².